The van der Waals surface area contributed by atoms with Gasteiger partial charge in [0.25, 0.3) is 0 Å². The second-order valence-corrected chi connectivity index (χ2v) is 5.11. The first-order valence-corrected chi connectivity index (χ1v) is 6.45. The summed E-state index contributed by atoms with van der Waals surface area (Å²) in [6, 6.07) is 0.203. The SMILES string of the molecule is CCCSc1c(CC(C)N)c(C)nn1C. The highest BCUT2D eigenvalue weighted by atomic mass is 32.2. The number of hydrogen-bond acceptors (Lipinski definition) is 3. The normalized spacial score (nSPS) is 13.1. The first-order valence-electron chi connectivity index (χ1n) is 5.47. The third-order valence-corrected chi connectivity index (χ3v) is 3.65. The molecule has 0 bridgehead atoms. The van der Waals surface area contributed by atoms with Gasteiger partial charge in [-0.15, -0.1) is 11.8 Å². The van der Waals surface area contributed by atoms with Gasteiger partial charge in [0, 0.05) is 18.7 Å². The molecule has 0 radical (unpaired) electrons. The fraction of sp³-hybridized carbons (Fsp3) is 0.727. The summed E-state index contributed by atoms with van der Waals surface area (Å²) in [5.74, 6) is 1.14. The van der Waals surface area contributed by atoms with E-state index in [1.807, 2.05) is 30.4 Å². The maximum absolute atomic E-state index is 5.85. The highest BCUT2D eigenvalue weighted by molar-refractivity contribution is 7.99. The maximum Gasteiger partial charge on any atom is 0.0971 e. The third-order valence-electron chi connectivity index (χ3n) is 2.26. The number of rotatable bonds is 5. The lowest BCUT2D eigenvalue weighted by atomic mass is 10.1. The van der Waals surface area contributed by atoms with Gasteiger partial charge in [0.2, 0.25) is 0 Å². The van der Waals surface area contributed by atoms with Crippen molar-refractivity contribution in [1.29, 1.82) is 0 Å². The topological polar surface area (TPSA) is 43.8 Å². The molecule has 0 amide bonds. The van der Waals surface area contributed by atoms with Crippen LogP contribution in [0.25, 0.3) is 0 Å². The van der Waals surface area contributed by atoms with Crippen LogP contribution in [0, 0.1) is 6.92 Å². The van der Waals surface area contributed by atoms with E-state index in [0.717, 1.165) is 17.9 Å². The van der Waals surface area contributed by atoms with Gasteiger partial charge in [-0.25, -0.2) is 0 Å². The quantitative estimate of drug-likeness (QED) is 0.784. The lowest BCUT2D eigenvalue weighted by Crippen LogP contribution is -2.18. The fourth-order valence-electron chi connectivity index (χ4n) is 1.62. The minimum Gasteiger partial charge on any atom is -0.328 e. The Morgan fingerprint density at radius 1 is 1.53 bits per heavy atom. The van der Waals surface area contributed by atoms with Gasteiger partial charge >= 0.3 is 0 Å². The van der Waals surface area contributed by atoms with Crippen LogP contribution < -0.4 is 5.73 Å². The molecule has 0 fully saturated rings. The van der Waals surface area contributed by atoms with Crippen molar-refractivity contribution in [3.63, 3.8) is 0 Å². The molecule has 1 atom stereocenters. The maximum atomic E-state index is 5.85. The molecule has 86 valence electrons. The zero-order valence-electron chi connectivity index (χ0n) is 10.1. The summed E-state index contributed by atoms with van der Waals surface area (Å²) >= 11 is 1.88. The third kappa shape index (κ3) is 3.24. The Labute approximate surface area is 96.4 Å². The first-order chi connectivity index (χ1) is 7.06. The second-order valence-electron chi connectivity index (χ2n) is 4.02. The summed E-state index contributed by atoms with van der Waals surface area (Å²) in [7, 11) is 2.01. The van der Waals surface area contributed by atoms with Gasteiger partial charge in [-0.1, -0.05) is 6.92 Å². The van der Waals surface area contributed by atoms with E-state index in [4.69, 9.17) is 5.73 Å². The number of aromatic nitrogens is 2. The highest BCUT2D eigenvalue weighted by Crippen LogP contribution is 2.26. The molecule has 4 heteroatoms. The van der Waals surface area contributed by atoms with Crippen LogP contribution in [0.1, 0.15) is 31.5 Å². The van der Waals surface area contributed by atoms with Crippen molar-refractivity contribution >= 4 is 11.8 Å². The summed E-state index contributed by atoms with van der Waals surface area (Å²) in [6.45, 7) is 6.30. The second kappa shape index (κ2) is 5.56. The van der Waals surface area contributed by atoms with Crippen molar-refractivity contribution in [2.45, 2.75) is 44.7 Å². The molecule has 0 saturated carbocycles. The molecule has 0 spiro atoms. The molecular formula is C11H21N3S. The van der Waals surface area contributed by atoms with E-state index in [0.29, 0.717) is 0 Å². The zero-order valence-corrected chi connectivity index (χ0v) is 10.9. The molecule has 2 N–H and O–H groups in total. The minimum absolute atomic E-state index is 0.203. The predicted octanol–water partition coefficient (Wildman–Crippen LogP) is 2.12. The van der Waals surface area contributed by atoms with Crippen molar-refractivity contribution < 1.29 is 0 Å². The number of hydrogen-bond donors (Lipinski definition) is 1. The van der Waals surface area contributed by atoms with Gasteiger partial charge in [-0.3, -0.25) is 4.68 Å². The van der Waals surface area contributed by atoms with Crippen molar-refractivity contribution in [1.82, 2.24) is 9.78 Å². The summed E-state index contributed by atoms with van der Waals surface area (Å²) in [5, 5.41) is 5.74. The summed E-state index contributed by atoms with van der Waals surface area (Å²) in [5.41, 5.74) is 8.30. The van der Waals surface area contributed by atoms with Crippen molar-refractivity contribution in [3.05, 3.63) is 11.3 Å². The van der Waals surface area contributed by atoms with E-state index in [2.05, 4.69) is 18.9 Å². The average molecular weight is 227 g/mol. The van der Waals surface area contributed by atoms with Crippen LogP contribution in [0.2, 0.25) is 0 Å². The van der Waals surface area contributed by atoms with Gasteiger partial charge in [0.15, 0.2) is 0 Å². The van der Waals surface area contributed by atoms with E-state index in [-0.39, 0.29) is 6.04 Å². The zero-order chi connectivity index (χ0) is 11.4. The fourth-order valence-corrected chi connectivity index (χ4v) is 2.65. The summed E-state index contributed by atoms with van der Waals surface area (Å²) in [4.78, 5) is 0. The van der Waals surface area contributed by atoms with Crippen molar-refractivity contribution in [2.24, 2.45) is 12.8 Å². The molecule has 1 heterocycles. The monoisotopic (exact) mass is 227 g/mol. The van der Waals surface area contributed by atoms with Gasteiger partial charge in [-0.05, 0) is 32.4 Å². The van der Waals surface area contributed by atoms with E-state index < -0.39 is 0 Å². The molecule has 3 nitrogen and oxygen atoms in total. The summed E-state index contributed by atoms with van der Waals surface area (Å²) in [6.07, 6.45) is 2.11. The Morgan fingerprint density at radius 2 is 2.20 bits per heavy atom. The molecule has 0 aliphatic rings. The molecular weight excluding hydrogens is 206 g/mol. The van der Waals surface area contributed by atoms with E-state index in [9.17, 15) is 0 Å². The van der Waals surface area contributed by atoms with Gasteiger partial charge < -0.3 is 5.73 Å². The lowest BCUT2D eigenvalue weighted by molar-refractivity contribution is 0.677. The molecule has 0 aliphatic heterocycles. The minimum atomic E-state index is 0.203. The molecule has 15 heavy (non-hydrogen) atoms. The van der Waals surface area contributed by atoms with E-state index in [1.165, 1.54) is 17.0 Å². The van der Waals surface area contributed by atoms with Crippen LogP contribution in [-0.2, 0) is 13.5 Å². The number of nitrogens with two attached hydrogens (primary N) is 1. The van der Waals surface area contributed by atoms with Crippen LogP contribution in [0.3, 0.4) is 0 Å². The Bertz CT molecular complexity index is 318. The van der Waals surface area contributed by atoms with Gasteiger partial charge in [0.1, 0.15) is 0 Å². The van der Waals surface area contributed by atoms with Crippen LogP contribution in [-0.4, -0.2) is 21.6 Å². The number of thioether (sulfide) groups is 1. The Kier molecular flexibility index (Phi) is 4.67. The van der Waals surface area contributed by atoms with Gasteiger partial charge in [0.05, 0.1) is 10.7 Å². The van der Waals surface area contributed by atoms with Gasteiger partial charge in [-0.2, -0.15) is 5.10 Å². The van der Waals surface area contributed by atoms with E-state index >= 15 is 0 Å². The molecule has 1 aromatic rings. The smallest absolute Gasteiger partial charge is 0.0971 e. The Morgan fingerprint density at radius 3 is 2.73 bits per heavy atom. The van der Waals surface area contributed by atoms with Crippen LogP contribution >= 0.6 is 11.8 Å². The average Bonchev–Trinajstić information content (AvgIpc) is 2.39. The van der Waals surface area contributed by atoms with Crippen LogP contribution in [0.4, 0.5) is 0 Å². The summed E-state index contributed by atoms with van der Waals surface area (Å²) < 4.78 is 1.98. The Balaban J connectivity index is 2.89. The highest BCUT2D eigenvalue weighted by Gasteiger charge is 2.14. The molecule has 0 saturated heterocycles. The van der Waals surface area contributed by atoms with Crippen molar-refractivity contribution in [2.75, 3.05) is 5.75 Å². The molecule has 1 unspecified atom stereocenters. The molecule has 1 aromatic heterocycles. The van der Waals surface area contributed by atoms with Crippen LogP contribution in [0.15, 0.2) is 5.03 Å². The largest absolute Gasteiger partial charge is 0.328 e. The molecule has 0 aromatic carbocycles. The number of aryl methyl sites for hydroxylation is 2. The molecule has 0 aliphatic carbocycles. The van der Waals surface area contributed by atoms with E-state index in [1.54, 1.807) is 0 Å². The standard InChI is InChI=1S/C11H21N3S/c1-5-6-15-11-10(7-8(2)12)9(3)13-14(11)4/h8H,5-7,12H2,1-4H3. The Hall–Kier alpha value is -0.480. The first kappa shape index (κ1) is 12.6. The van der Waals surface area contributed by atoms with Crippen molar-refractivity contribution in [3.8, 4) is 0 Å². The molecule has 1 rings (SSSR count). The van der Waals surface area contributed by atoms with Crippen LogP contribution in [0.5, 0.6) is 0 Å². The predicted molar refractivity (Wildman–Crippen MR) is 66.3 cm³/mol. The number of nitrogens with zero attached hydrogens (tertiary/aromatic N) is 2. The lowest BCUT2D eigenvalue weighted by Gasteiger charge is -2.07.